The minimum atomic E-state index is -0.698. The number of hydrogen-bond donors (Lipinski definition) is 1. The van der Waals surface area contributed by atoms with E-state index in [4.69, 9.17) is 9.84 Å². The van der Waals surface area contributed by atoms with Gasteiger partial charge in [-0.25, -0.2) is 0 Å². The van der Waals surface area contributed by atoms with E-state index in [1.54, 1.807) is 0 Å². The summed E-state index contributed by atoms with van der Waals surface area (Å²) in [6, 6.07) is 0. The molecule has 0 aromatic carbocycles. The number of aliphatic carboxylic acids is 1. The molecule has 0 saturated carbocycles. The molecular weight excluding hydrogens is 568 g/mol. The van der Waals surface area contributed by atoms with Gasteiger partial charge in [-0.15, -0.1) is 0 Å². The molecule has 0 aromatic heterocycles. The van der Waals surface area contributed by atoms with Gasteiger partial charge in [0.15, 0.2) is 0 Å². The third kappa shape index (κ3) is 37.4. The summed E-state index contributed by atoms with van der Waals surface area (Å²) in [5.41, 5.74) is 0. The SMILES string of the molecule is CCCCCCCCCCCCCCCCCCCCCCCCC(=O)OC(CCCCCCCC)CCCCCCCC(=O)O. The Balaban J connectivity index is 3.68. The lowest BCUT2D eigenvalue weighted by molar-refractivity contribution is -0.150. The number of hydrogen-bond acceptors (Lipinski definition) is 3. The topological polar surface area (TPSA) is 63.6 Å². The van der Waals surface area contributed by atoms with E-state index in [0.717, 1.165) is 64.2 Å². The van der Waals surface area contributed by atoms with Gasteiger partial charge in [-0.1, -0.05) is 200 Å². The lowest BCUT2D eigenvalue weighted by atomic mass is 10.0. The van der Waals surface area contributed by atoms with Crippen LogP contribution in [-0.4, -0.2) is 23.1 Å². The molecule has 0 radical (unpaired) electrons. The monoisotopic (exact) mass is 651 g/mol. The molecule has 0 aliphatic heterocycles. The van der Waals surface area contributed by atoms with Crippen molar-refractivity contribution in [3.63, 3.8) is 0 Å². The summed E-state index contributed by atoms with van der Waals surface area (Å²) in [5, 5.41) is 8.79. The number of rotatable bonds is 39. The first-order valence-corrected chi connectivity index (χ1v) is 21.0. The molecule has 0 saturated heterocycles. The zero-order valence-corrected chi connectivity index (χ0v) is 31.4. The van der Waals surface area contributed by atoms with Crippen LogP contribution in [-0.2, 0) is 14.3 Å². The van der Waals surface area contributed by atoms with E-state index in [2.05, 4.69) is 13.8 Å². The maximum Gasteiger partial charge on any atom is 0.306 e. The first kappa shape index (κ1) is 44.9. The molecule has 1 N–H and O–H groups in total. The number of esters is 1. The molecule has 0 amide bonds. The second-order valence-electron chi connectivity index (χ2n) is 14.5. The van der Waals surface area contributed by atoms with Gasteiger partial charge in [0.1, 0.15) is 6.10 Å². The number of unbranched alkanes of at least 4 members (excludes halogenated alkanes) is 30. The molecule has 0 aromatic rings. The second kappa shape index (κ2) is 38.4. The Bertz CT molecular complexity index is 619. The van der Waals surface area contributed by atoms with Crippen LogP contribution in [0.3, 0.4) is 0 Å². The fraction of sp³-hybridized carbons (Fsp3) is 0.952. The van der Waals surface area contributed by atoms with Crippen molar-refractivity contribution >= 4 is 11.9 Å². The average Bonchev–Trinajstić information content (AvgIpc) is 3.04. The molecule has 274 valence electrons. The summed E-state index contributed by atoms with van der Waals surface area (Å²) < 4.78 is 5.97. The van der Waals surface area contributed by atoms with E-state index in [-0.39, 0.29) is 18.5 Å². The van der Waals surface area contributed by atoms with E-state index in [9.17, 15) is 9.59 Å². The van der Waals surface area contributed by atoms with Gasteiger partial charge in [0.25, 0.3) is 0 Å². The maximum atomic E-state index is 12.6. The van der Waals surface area contributed by atoms with Gasteiger partial charge in [0, 0.05) is 12.8 Å². The smallest absolute Gasteiger partial charge is 0.306 e. The third-order valence-electron chi connectivity index (χ3n) is 9.83. The van der Waals surface area contributed by atoms with E-state index < -0.39 is 5.97 Å². The fourth-order valence-electron chi connectivity index (χ4n) is 6.72. The number of ether oxygens (including phenoxy) is 1. The lowest BCUT2D eigenvalue weighted by Crippen LogP contribution is -2.18. The minimum absolute atomic E-state index is 0.00519. The highest BCUT2D eigenvalue weighted by Gasteiger charge is 2.14. The molecule has 0 heterocycles. The molecule has 1 unspecified atom stereocenters. The number of carbonyl (C=O) groups excluding carboxylic acids is 1. The van der Waals surface area contributed by atoms with Crippen molar-refractivity contribution in [1.29, 1.82) is 0 Å². The van der Waals surface area contributed by atoms with Crippen LogP contribution >= 0.6 is 0 Å². The van der Waals surface area contributed by atoms with Crippen molar-refractivity contribution < 1.29 is 19.4 Å². The molecule has 0 bridgehead atoms. The van der Waals surface area contributed by atoms with E-state index in [0.29, 0.717) is 6.42 Å². The van der Waals surface area contributed by atoms with Crippen molar-refractivity contribution in [2.45, 2.75) is 258 Å². The molecule has 4 nitrogen and oxygen atoms in total. The highest BCUT2D eigenvalue weighted by atomic mass is 16.5. The van der Waals surface area contributed by atoms with Crippen LogP contribution in [0.1, 0.15) is 251 Å². The van der Waals surface area contributed by atoms with Crippen LogP contribution in [0, 0.1) is 0 Å². The summed E-state index contributed by atoms with van der Waals surface area (Å²) >= 11 is 0. The van der Waals surface area contributed by atoms with Crippen LogP contribution < -0.4 is 0 Å². The second-order valence-corrected chi connectivity index (χ2v) is 14.5. The Kier molecular flexibility index (Phi) is 37.5. The molecule has 46 heavy (non-hydrogen) atoms. The van der Waals surface area contributed by atoms with E-state index >= 15 is 0 Å². The standard InChI is InChI=1S/C42H82O4/c1-3-5-7-9-11-12-13-14-15-16-17-18-19-20-21-22-23-24-25-26-31-35-39-42(45)46-40(36-32-28-10-8-6-4-2)37-33-29-27-30-34-38-41(43)44/h40H,3-39H2,1-2H3,(H,43,44). The largest absolute Gasteiger partial charge is 0.481 e. The van der Waals surface area contributed by atoms with Crippen molar-refractivity contribution in [1.82, 2.24) is 0 Å². The third-order valence-corrected chi connectivity index (χ3v) is 9.83. The van der Waals surface area contributed by atoms with Crippen molar-refractivity contribution in [2.24, 2.45) is 0 Å². The molecule has 0 spiro atoms. The Morgan fingerprint density at radius 1 is 0.391 bits per heavy atom. The summed E-state index contributed by atoms with van der Waals surface area (Å²) in [6.07, 6.45) is 45.8. The number of carbonyl (C=O) groups is 2. The Morgan fingerprint density at radius 3 is 0.957 bits per heavy atom. The highest BCUT2D eigenvalue weighted by Crippen LogP contribution is 2.19. The van der Waals surface area contributed by atoms with Gasteiger partial charge in [0.05, 0.1) is 0 Å². The maximum absolute atomic E-state index is 12.6. The summed E-state index contributed by atoms with van der Waals surface area (Å²) in [5.74, 6) is -0.693. The molecule has 0 fully saturated rings. The number of carboxylic acid groups (broad SMARTS) is 1. The van der Waals surface area contributed by atoms with Gasteiger partial charge in [-0.2, -0.15) is 0 Å². The van der Waals surface area contributed by atoms with Crippen LogP contribution in [0.2, 0.25) is 0 Å². The summed E-state index contributed by atoms with van der Waals surface area (Å²) in [6.45, 7) is 4.54. The Hall–Kier alpha value is -1.06. The molecular formula is C42H82O4. The van der Waals surface area contributed by atoms with Gasteiger partial charge in [-0.05, 0) is 38.5 Å². The molecule has 0 aliphatic carbocycles. The van der Waals surface area contributed by atoms with Crippen LogP contribution in [0.4, 0.5) is 0 Å². The Labute approximate surface area is 288 Å². The fourth-order valence-corrected chi connectivity index (χ4v) is 6.72. The quantitative estimate of drug-likeness (QED) is 0.0531. The minimum Gasteiger partial charge on any atom is -0.481 e. The Morgan fingerprint density at radius 2 is 0.652 bits per heavy atom. The number of carboxylic acids is 1. The van der Waals surface area contributed by atoms with Crippen LogP contribution in [0.15, 0.2) is 0 Å². The lowest BCUT2D eigenvalue weighted by Gasteiger charge is -2.18. The van der Waals surface area contributed by atoms with Crippen LogP contribution in [0.5, 0.6) is 0 Å². The van der Waals surface area contributed by atoms with Gasteiger partial charge in [-0.3, -0.25) is 9.59 Å². The van der Waals surface area contributed by atoms with Crippen molar-refractivity contribution in [2.75, 3.05) is 0 Å². The van der Waals surface area contributed by atoms with Crippen molar-refractivity contribution in [3.8, 4) is 0 Å². The summed E-state index contributed by atoms with van der Waals surface area (Å²) in [7, 11) is 0. The first-order valence-electron chi connectivity index (χ1n) is 21.0. The van der Waals surface area contributed by atoms with Gasteiger partial charge < -0.3 is 9.84 Å². The van der Waals surface area contributed by atoms with Crippen molar-refractivity contribution in [3.05, 3.63) is 0 Å². The zero-order chi connectivity index (χ0) is 33.6. The summed E-state index contributed by atoms with van der Waals surface area (Å²) in [4.78, 5) is 23.3. The highest BCUT2D eigenvalue weighted by molar-refractivity contribution is 5.69. The normalized spacial score (nSPS) is 12.0. The molecule has 4 heteroatoms. The predicted molar refractivity (Wildman–Crippen MR) is 200 cm³/mol. The average molecular weight is 651 g/mol. The van der Waals surface area contributed by atoms with E-state index in [1.165, 1.54) is 161 Å². The first-order chi connectivity index (χ1) is 22.6. The van der Waals surface area contributed by atoms with Gasteiger partial charge >= 0.3 is 11.9 Å². The molecule has 0 aliphatic rings. The van der Waals surface area contributed by atoms with Gasteiger partial charge in [0.2, 0.25) is 0 Å². The zero-order valence-electron chi connectivity index (χ0n) is 31.4. The molecule has 0 rings (SSSR count). The van der Waals surface area contributed by atoms with E-state index in [1.807, 2.05) is 0 Å². The predicted octanol–water partition coefficient (Wildman–Crippen LogP) is 14.5. The van der Waals surface area contributed by atoms with Crippen LogP contribution in [0.25, 0.3) is 0 Å². The molecule has 1 atom stereocenters.